The third-order valence-corrected chi connectivity index (χ3v) is 4.74. The van der Waals surface area contributed by atoms with Crippen LogP contribution in [-0.2, 0) is 29.1 Å². The van der Waals surface area contributed by atoms with Crippen LogP contribution in [0.5, 0.6) is 0 Å². The lowest BCUT2D eigenvalue weighted by atomic mass is 10.4. The van der Waals surface area contributed by atoms with E-state index >= 15 is 0 Å². The molecule has 0 radical (unpaired) electrons. The zero-order valence-corrected chi connectivity index (χ0v) is 15.0. The molecule has 134 valence electrons. The molecule has 0 fully saturated rings. The van der Waals surface area contributed by atoms with Crippen LogP contribution in [0.15, 0.2) is 23.1 Å². The van der Waals surface area contributed by atoms with E-state index in [2.05, 4.69) is 10.1 Å². The van der Waals surface area contributed by atoms with Crippen molar-refractivity contribution in [3.8, 4) is 0 Å². The van der Waals surface area contributed by atoms with Gasteiger partial charge in [-0.05, 0) is 18.2 Å². The topological polar surface area (TPSA) is 111 Å². The van der Waals surface area contributed by atoms with Crippen molar-refractivity contribution in [3.63, 3.8) is 0 Å². The molecule has 1 amide bonds. The molecule has 1 aromatic rings. The van der Waals surface area contributed by atoms with Crippen molar-refractivity contribution >= 4 is 45.1 Å². The third-order valence-electron chi connectivity index (χ3n) is 2.60. The lowest BCUT2D eigenvalue weighted by Crippen LogP contribution is -2.34. The fourth-order valence-corrected chi connectivity index (χ4v) is 2.78. The minimum atomic E-state index is -3.96. The summed E-state index contributed by atoms with van der Waals surface area (Å²) in [5.41, 5.74) is 0. The number of amides is 1. The van der Waals surface area contributed by atoms with E-state index in [1.165, 1.54) is 19.2 Å². The largest absolute Gasteiger partial charge is 0.455 e. The van der Waals surface area contributed by atoms with Gasteiger partial charge in [0.15, 0.2) is 6.61 Å². The van der Waals surface area contributed by atoms with Gasteiger partial charge in [0.05, 0.1) is 21.5 Å². The molecule has 0 spiro atoms. The standard InChI is InChI=1S/C13H16Cl2N2O6S/c1-22-5-4-16-12(18)8-23-13(19)7-17-24(20,21)9-2-3-10(14)11(15)6-9/h2-3,6,17H,4-5,7-8H2,1H3,(H,16,18). The van der Waals surface area contributed by atoms with Crippen LogP contribution in [0.3, 0.4) is 0 Å². The zero-order chi connectivity index (χ0) is 18.2. The summed E-state index contributed by atoms with van der Waals surface area (Å²) in [5, 5.41) is 2.71. The highest BCUT2D eigenvalue weighted by Gasteiger charge is 2.17. The van der Waals surface area contributed by atoms with Gasteiger partial charge < -0.3 is 14.8 Å². The Labute approximate surface area is 149 Å². The minimum absolute atomic E-state index is 0.0647. The van der Waals surface area contributed by atoms with Gasteiger partial charge >= 0.3 is 5.97 Å². The van der Waals surface area contributed by atoms with E-state index in [0.717, 1.165) is 6.07 Å². The summed E-state index contributed by atoms with van der Waals surface area (Å²) in [7, 11) is -2.48. The Hall–Kier alpha value is -1.39. The molecule has 8 nitrogen and oxygen atoms in total. The number of benzene rings is 1. The molecule has 24 heavy (non-hydrogen) atoms. The summed E-state index contributed by atoms with van der Waals surface area (Å²) in [5.74, 6) is -1.42. The zero-order valence-electron chi connectivity index (χ0n) is 12.7. The Morgan fingerprint density at radius 3 is 2.54 bits per heavy atom. The van der Waals surface area contributed by atoms with Crippen molar-refractivity contribution in [2.24, 2.45) is 0 Å². The van der Waals surface area contributed by atoms with E-state index in [9.17, 15) is 18.0 Å². The molecule has 0 aliphatic carbocycles. The van der Waals surface area contributed by atoms with Crippen molar-refractivity contribution in [2.75, 3.05) is 33.4 Å². The summed E-state index contributed by atoms with van der Waals surface area (Å²) in [6.07, 6.45) is 0. The number of hydrogen-bond acceptors (Lipinski definition) is 6. The summed E-state index contributed by atoms with van der Waals surface area (Å²) >= 11 is 11.5. The molecule has 0 bridgehead atoms. The molecule has 0 aliphatic heterocycles. The maximum absolute atomic E-state index is 12.0. The Bertz CT molecular complexity index is 696. The molecule has 0 saturated carbocycles. The van der Waals surface area contributed by atoms with Crippen LogP contribution in [0.25, 0.3) is 0 Å². The van der Waals surface area contributed by atoms with Crippen molar-refractivity contribution in [1.29, 1.82) is 0 Å². The summed E-state index contributed by atoms with van der Waals surface area (Å²) in [4.78, 5) is 22.6. The molecule has 0 atom stereocenters. The smallest absolute Gasteiger partial charge is 0.321 e. The van der Waals surface area contributed by atoms with E-state index in [0.29, 0.717) is 6.61 Å². The van der Waals surface area contributed by atoms with Gasteiger partial charge in [-0.3, -0.25) is 9.59 Å². The number of nitrogens with one attached hydrogen (secondary N) is 2. The fourth-order valence-electron chi connectivity index (χ4n) is 1.42. The van der Waals surface area contributed by atoms with Crippen LogP contribution >= 0.6 is 23.2 Å². The fraction of sp³-hybridized carbons (Fsp3) is 0.385. The number of ether oxygens (including phenoxy) is 2. The summed E-state index contributed by atoms with van der Waals surface area (Å²) in [6.45, 7) is -0.551. The normalized spacial score (nSPS) is 11.1. The molecule has 0 unspecified atom stereocenters. The highest BCUT2D eigenvalue weighted by Crippen LogP contribution is 2.24. The maximum atomic E-state index is 12.0. The highest BCUT2D eigenvalue weighted by atomic mass is 35.5. The molecule has 0 aromatic heterocycles. The second-order valence-electron chi connectivity index (χ2n) is 4.40. The predicted octanol–water partition coefficient (Wildman–Crippen LogP) is 0.578. The van der Waals surface area contributed by atoms with Crippen LogP contribution < -0.4 is 10.0 Å². The summed E-state index contributed by atoms with van der Waals surface area (Å²) < 4.78 is 35.4. The highest BCUT2D eigenvalue weighted by molar-refractivity contribution is 7.89. The third kappa shape index (κ3) is 7.02. The number of sulfonamides is 1. The van der Waals surface area contributed by atoms with Crippen LogP contribution in [0, 0.1) is 0 Å². The van der Waals surface area contributed by atoms with Crippen molar-refractivity contribution in [3.05, 3.63) is 28.2 Å². The quantitative estimate of drug-likeness (QED) is 0.464. The second kappa shape index (κ2) is 9.80. The first-order valence-electron chi connectivity index (χ1n) is 6.62. The van der Waals surface area contributed by atoms with Crippen LogP contribution in [0.4, 0.5) is 0 Å². The van der Waals surface area contributed by atoms with Gasteiger partial charge in [-0.15, -0.1) is 0 Å². The van der Waals surface area contributed by atoms with Gasteiger partial charge in [-0.1, -0.05) is 23.2 Å². The van der Waals surface area contributed by atoms with Gasteiger partial charge in [0, 0.05) is 13.7 Å². The van der Waals surface area contributed by atoms with Gasteiger partial charge in [0.25, 0.3) is 5.91 Å². The Kier molecular flexibility index (Phi) is 8.43. The van der Waals surface area contributed by atoms with Gasteiger partial charge in [0.2, 0.25) is 10.0 Å². The number of halogens is 2. The number of carbonyl (C=O) groups excluding carboxylic acids is 2. The van der Waals surface area contributed by atoms with Crippen molar-refractivity contribution in [1.82, 2.24) is 10.0 Å². The predicted molar refractivity (Wildman–Crippen MR) is 87.5 cm³/mol. The lowest BCUT2D eigenvalue weighted by Gasteiger charge is -2.08. The molecule has 11 heteroatoms. The van der Waals surface area contributed by atoms with Crippen LogP contribution in [0.1, 0.15) is 0 Å². The Morgan fingerprint density at radius 1 is 1.21 bits per heavy atom. The van der Waals surface area contributed by atoms with E-state index in [-0.39, 0.29) is 21.5 Å². The maximum Gasteiger partial charge on any atom is 0.321 e. The molecular formula is C13H16Cl2N2O6S. The Balaban J connectivity index is 2.45. The average Bonchev–Trinajstić information content (AvgIpc) is 2.53. The van der Waals surface area contributed by atoms with Gasteiger partial charge in [-0.2, -0.15) is 4.72 Å². The van der Waals surface area contributed by atoms with E-state index in [1.807, 2.05) is 4.72 Å². The first-order valence-corrected chi connectivity index (χ1v) is 8.86. The first-order chi connectivity index (χ1) is 11.3. The lowest BCUT2D eigenvalue weighted by molar-refractivity contribution is -0.147. The number of hydrogen-bond donors (Lipinski definition) is 2. The average molecular weight is 399 g/mol. The van der Waals surface area contributed by atoms with Crippen LogP contribution in [0.2, 0.25) is 10.0 Å². The van der Waals surface area contributed by atoms with E-state index in [4.69, 9.17) is 27.9 Å². The molecular weight excluding hydrogens is 383 g/mol. The van der Waals surface area contributed by atoms with Crippen molar-refractivity contribution < 1.29 is 27.5 Å². The van der Waals surface area contributed by atoms with Crippen molar-refractivity contribution in [2.45, 2.75) is 4.90 Å². The van der Waals surface area contributed by atoms with E-state index < -0.39 is 35.1 Å². The van der Waals surface area contributed by atoms with Crippen LogP contribution in [-0.4, -0.2) is 53.7 Å². The number of methoxy groups -OCH3 is 1. The van der Waals surface area contributed by atoms with Gasteiger partial charge in [0.1, 0.15) is 6.54 Å². The molecule has 0 aliphatic rings. The monoisotopic (exact) mass is 398 g/mol. The molecule has 2 N–H and O–H groups in total. The summed E-state index contributed by atoms with van der Waals surface area (Å²) in [6, 6.07) is 3.72. The molecule has 1 aromatic carbocycles. The van der Waals surface area contributed by atoms with Gasteiger partial charge in [-0.25, -0.2) is 8.42 Å². The SMILES string of the molecule is COCCNC(=O)COC(=O)CNS(=O)(=O)c1ccc(Cl)c(Cl)c1. The minimum Gasteiger partial charge on any atom is -0.455 e. The molecule has 0 heterocycles. The Morgan fingerprint density at radius 2 is 1.92 bits per heavy atom. The second-order valence-corrected chi connectivity index (χ2v) is 6.99. The van der Waals surface area contributed by atoms with E-state index in [1.54, 1.807) is 0 Å². The number of rotatable bonds is 9. The molecule has 1 rings (SSSR count). The molecule has 0 saturated heterocycles. The number of esters is 1. The number of carbonyl (C=O) groups is 2. The first kappa shape index (κ1) is 20.7.